The number of nitrogens with two attached hydrogens (primary N) is 1. The molecule has 1 unspecified atom stereocenters. The molecule has 1 aliphatic rings. The summed E-state index contributed by atoms with van der Waals surface area (Å²) in [5.74, 6) is 0.136. The number of para-hydroxylation sites is 1. The highest BCUT2D eigenvalue weighted by atomic mass is 16.6. The van der Waals surface area contributed by atoms with Crippen molar-refractivity contribution in [2.45, 2.75) is 19.9 Å². The number of benzene rings is 2. The van der Waals surface area contributed by atoms with Crippen LogP contribution in [0.25, 0.3) is 11.4 Å². The molecule has 146 valence electrons. The standard InChI is InChI=1S/C20H18N6O3/c1-11-7-9-13(10-8-11)19-23-20-22-12(2)16(18(21)27)17(25(20)24-19)14-5-3-4-6-15(14)26(28)29/h3-10,17H,1-2H3,(H2,21,27)(H,22,23,24). The number of nitrogens with one attached hydrogen (secondary N) is 1. The van der Waals surface area contributed by atoms with Crippen molar-refractivity contribution in [1.29, 1.82) is 0 Å². The molecule has 1 atom stereocenters. The first-order chi connectivity index (χ1) is 13.9. The van der Waals surface area contributed by atoms with Crippen LogP contribution < -0.4 is 11.1 Å². The lowest BCUT2D eigenvalue weighted by atomic mass is 9.94. The topological polar surface area (TPSA) is 129 Å². The van der Waals surface area contributed by atoms with E-state index in [4.69, 9.17) is 5.73 Å². The van der Waals surface area contributed by atoms with Crippen molar-refractivity contribution >= 4 is 17.5 Å². The van der Waals surface area contributed by atoms with Crippen molar-refractivity contribution in [2.24, 2.45) is 5.73 Å². The predicted octanol–water partition coefficient (Wildman–Crippen LogP) is 2.94. The number of aryl methyl sites for hydroxylation is 1. The van der Waals surface area contributed by atoms with E-state index in [0.717, 1.165) is 11.1 Å². The molecule has 2 heterocycles. The lowest BCUT2D eigenvalue weighted by Gasteiger charge is -2.27. The molecular formula is C20H18N6O3. The fourth-order valence-corrected chi connectivity index (χ4v) is 3.47. The molecule has 9 nitrogen and oxygen atoms in total. The monoisotopic (exact) mass is 390 g/mol. The Hall–Kier alpha value is -4.01. The molecule has 0 saturated carbocycles. The van der Waals surface area contributed by atoms with Crippen LogP contribution in [-0.4, -0.2) is 25.6 Å². The van der Waals surface area contributed by atoms with Gasteiger partial charge in [0.15, 0.2) is 5.82 Å². The second-order valence-electron chi connectivity index (χ2n) is 6.82. The minimum absolute atomic E-state index is 0.121. The van der Waals surface area contributed by atoms with E-state index < -0.39 is 16.9 Å². The van der Waals surface area contributed by atoms with Gasteiger partial charge in [0, 0.05) is 17.3 Å². The van der Waals surface area contributed by atoms with Gasteiger partial charge in [0.1, 0.15) is 6.04 Å². The molecule has 0 aliphatic carbocycles. The number of carbonyl (C=O) groups excluding carboxylic acids is 1. The molecule has 2 aromatic carbocycles. The zero-order valence-electron chi connectivity index (χ0n) is 15.8. The molecule has 3 aromatic rings. The van der Waals surface area contributed by atoms with Crippen LogP contribution in [0.5, 0.6) is 0 Å². The maximum Gasteiger partial charge on any atom is 0.275 e. The number of anilines is 1. The lowest BCUT2D eigenvalue weighted by Crippen LogP contribution is -2.32. The highest BCUT2D eigenvalue weighted by Crippen LogP contribution is 2.39. The smallest absolute Gasteiger partial charge is 0.275 e. The van der Waals surface area contributed by atoms with Crippen LogP contribution in [0.1, 0.15) is 24.1 Å². The highest BCUT2D eigenvalue weighted by molar-refractivity contribution is 5.95. The average molecular weight is 390 g/mol. The minimum atomic E-state index is -0.864. The van der Waals surface area contributed by atoms with Gasteiger partial charge < -0.3 is 11.1 Å². The largest absolute Gasteiger partial charge is 0.366 e. The molecule has 1 aromatic heterocycles. The van der Waals surface area contributed by atoms with Crippen molar-refractivity contribution in [3.05, 3.63) is 81.0 Å². The zero-order valence-corrected chi connectivity index (χ0v) is 15.8. The molecule has 1 amide bonds. The molecule has 3 N–H and O–H groups in total. The van der Waals surface area contributed by atoms with Gasteiger partial charge in [-0.1, -0.05) is 42.0 Å². The van der Waals surface area contributed by atoms with Crippen molar-refractivity contribution in [3.8, 4) is 11.4 Å². The second-order valence-corrected chi connectivity index (χ2v) is 6.82. The van der Waals surface area contributed by atoms with E-state index in [1.165, 1.54) is 10.7 Å². The molecule has 0 radical (unpaired) electrons. The predicted molar refractivity (Wildman–Crippen MR) is 107 cm³/mol. The van der Waals surface area contributed by atoms with Crippen LogP contribution in [0.4, 0.5) is 11.6 Å². The number of primary amides is 1. The number of nitro benzene ring substituents is 1. The number of carbonyl (C=O) groups is 1. The lowest BCUT2D eigenvalue weighted by molar-refractivity contribution is -0.385. The van der Waals surface area contributed by atoms with Gasteiger partial charge in [-0.15, -0.1) is 5.10 Å². The zero-order chi connectivity index (χ0) is 20.7. The number of fused-ring (bicyclic) bond motifs is 1. The summed E-state index contributed by atoms with van der Waals surface area (Å²) < 4.78 is 1.48. The Labute approximate surface area is 166 Å². The van der Waals surface area contributed by atoms with Crippen molar-refractivity contribution in [2.75, 3.05) is 5.32 Å². The molecule has 0 fully saturated rings. The number of amides is 1. The summed E-state index contributed by atoms with van der Waals surface area (Å²) in [6.07, 6.45) is 0. The molecule has 9 heteroatoms. The normalized spacial score (nSPS) is 15.6. The number of aromatic nitrogens is 3. The third-order valence-corrected chi connectivity index (χ3v) is 4.86. The summed E-state index contributed by atoms with van der Waals surface area (Å²) in [6, 6.07) is 13.1. The van der Waals surface area contributed by atoms with E-state index >= 15 is 0 Å². The highest BCUT2D eigenvalue weighted by Gasteiger charge is 2.36. The first-order valence-electron chi connectivity index (χ1n) is 8.91. The van der Waals surface area contributed by atoms with Crippen LogP contribution in [0.3, 0.4) is 0 Å². The van der Waals surface area contributed by atoms with E-state index in [0.29, 0.717) is 23.0 Å². The van der Waals surface area contributed by atoms with E-state index in [1.807, 2.05) is 31.2 Å². The van der Waals surface area contributed by atoms with Gasteiger partial charge in [-0.25, -0.2) is 4.68 Å². The quantitative estimate of drug-likeness (QED) is 0.520. The van der Waals surface area contributed by atoms with Crippen LogP contribution in [0.15, 0.2) is 59.8 Å². The molecular weight excluding hydrogens is 372 g/mol. The fraction of sp³-hybridized carbons (Fsp3) is 0.150. The van der Waals surface area contributed by atoms with Gasteiger partial charge in [0.2, 0.25) is 11.9 Å². The molecule has 0 spiro atoms. The number of nitro groups is 1. The van der Waals surface area contributed by atoms with Gasteiger partial charge in [-0.3, -0.25) is 14.9 Å². The SMILES string of the molecule is CC1=C(C(N)=O)C(c2ccccc2[N+](=O)[O-])n2nc(-c3ccc(C)cc3)nc2N1. The van der Waals surface area contributed by atoms with Crippen LogP contribution in [-0.2, 0) is 4.79 Å². The Morgan fingerprint density at radius 2 is 1.86 bits per heavy atom. The fourth-order valence-electron chi connectivity index (χ4n) is 3.47. The molecule has 0 saturated heterocycles. The summed E-state index contributed by atoms with van der Waals surface area (Å²) >= 11 is 0. The van der Waals surface area contributed by atoms with Gasteiger partial charge >= 0.3 is 0 Å². The van der Waals surface area contributed by atoms with Gasteiger partial charge in [0.05, 0.1) is 16.1 Å². The maximum atomic E-state index is 12.2. The molecule has 0 bridgehead atoms. The molecule has 29 heavy (non-hydrogen) atoms. The summed E-state index contributed by atoms with van der Waals surface area (Å²) in [7, 11) is 0. The summed E-state index contributed by atoms with van der Waals surface area (Å²) in [6.45, 7) is 3.67. The van der Waals surface area contributed by atoms with Gasteiger partial charge in [0.25, 0.3) is 5.69 Å². The number of hydrogen-bond donors (Lipinski definition) is 2. The maximum absolute atomic E-state index is 12.2. The van der Waals surface area contributed by atoms with Crippen LogP contribution >= 0.6 is 0 Å². The van der Waals surface area contributed by atoms with Crippen LogP contribution in [0.2, 0.25) is 0 Å². The average Bonchev–Trinajstić information content (AvgIpc) is 3.10. The van der Waals surface area contributed by atoms with Gasteiger partial charge in [-0.2, -0.15) is 4.98 Å². The van der Waals surface area contributed by atoms with Crippen LogP contribution in [0, 0.1) is 17.0 Å². The number of hydrogen-bond acceptors (Lipinski definition) is 6. The van der Waals surface area contributed by atoms with E-state index in [9.17, 15) is 14.9 Å². The Kier molecular flexibility index (Phi) is 4.34. The minimum Gasteiger partial charge on any atom is -0.366 e. The summed E-state index contributed by atoms with van der Waals surface area (Å²) in [5, 5.41) is 19.2. The molecule has 1 aliphatic heterocycles. The summed E-state index contributed by atoms with van der Waals surface area (Å²) in [5.41, 5.74) is 8.40. The third kappa shape index (κ3) is 3.12. The Morgan fingerprint density at radius 3 is 2.52 bits per heavy atom. The van der Waals surface area contributed by atoms with E-state index in [2.05, 4.69) is 15.4 Å². The molecule has 4 rings (SSSR count). The van der Waals surface area contributed by atoms with E-state index in [1.54, 1.807) is 25.1 Å². The van der Waals surface area contributed by atoms with Crippen molar-refractivity contribution in [1.82, 2.24) is 14.8 Å². The number of allylic oxidation sites excluding steroid dienone is 1. The number of nitrogens with zero attached hydrogens (tertiary/aromatic N) is 4. The first-order valence-corrected chi connectivity index (χ1v) is 8.91. The summed E-state index contributed by atoms with van der Waals surface area (Å²) in [4.78, 5) is 27.9. The number of rotatable bonds is 4. The van der Waals surface area contributed by atoms with Gasteiger partial charge in [-0.05, 0) is 19.9 Å². The van der Waals surface area contributed by atoms with E-state index in [-0.39, 0.29) is 11.3 Å². The Bertz CT molecular complexity index is 1160. The Morgan fingerprint density at radius 1 is 1.17 bits per heavy atom. The second kappa shape index (κ2) is 6.86. The Balaban J connectivity index is 1.93. The first kappa shape index (κ1) is 18.4. The third-order valence-electron chi connectivity index (χ3n) is 4.86. The van der Waals surface area contributed by atoms with Crippen molar-refractivity contribution in [3.63, 3.8) is 0 Å². The van der Waals surface area contributed by atoms with Crippen molar-refractivity contribution < 1.29 is 9.72 Å².